The van der Waals surface area contributed by atoms with Crippen molar-refractivity contribution in [3.05, 3.63) is 33.8 Å². The van der Waals surface area contributed by atoms with Crippen molar-refractivity contribution in [1.82, 2.24) is 0 Å². The standard InChI is InChI=1S/C10H6Cl3FO2/c11-5-1-4(2-6(12)3-5)7-8(9(15)16)10(7,13)14/h1-3,7-8H,(H,15,16)/t7?,8-,10+/m0/s1. The summed E-state index contributed by atoms with van der Waals surface area (Å²) in [5, 5.41) is 7.17. The molecule has 1 aliphatic rings. The summed E-state index contributed by atoms with van der Waals surface area (Å²) in [7, 11) is 0. The summed E-state index contributed by atoms with van der Waals surface area (Å²) >= 11 is 17.0. The predicted molar refractivity (Wildman–Crippen MR) is 60.0 cm³/mol. The van der Waals surface area contributed by atoms with Crippen molar-refractivity contribution in [3.8, 4) is 0 Å². The minimum atomic E-state index is -2.25. The first kappa shape index (κ1) is 12.0. The second kappa shape index (κ2) is 3.76. The zero-order valence-electron chi connectivity index (χ0n) is 7.75. The number of hydrogen-bond acceptors (Lipinski definition) is 1. The van der Waals surface area contributed by atoms with Crippen LogP contribution in [0.2, 0.25) is 10.0 Å². The molecule has 16 heavy (non-hydrogen) atoms. The van der Waals surface area contributed by atoms with E-state index in [1.165, 1.54) is 18.2 Å². The fraction of sp³-hybridized carbons (Fsp3) is 0.300. The molecule has 1 aromatic rings. The van der Waals surface area contributed by atoms with Crippen LogP contribution in [0, 0.1) is 5.92 Å². The number of alkyl halides is 2. The van der Waals surface area contributed by atoms with Crippen LogP contribution in [0.5, 0.6) is 0 Å². The predicted octanol–water partition coefficient (Wildman–Crippen LogP) is 3.70. The second-order valence-electron chi connectivity index (χ2n) is 3.67. The Labute approximate surface area is 106 Å². The summed E-state index contributed by atoms with van der Waals surface area (Å²) in [4.78, 5) is 10.7. The van der Waals surface area contributed by atoms with Crippen LogP contribution in [-0.2, 0) is 4.79 Å². The summed E-state index contributed by atoms with van der Waals surface area (Å²) in [6.07, 6.45) is 0. The smallest absolute Gasteiger partial charge is 0.311 e. The molecule has 2 rings (SSSR count). The van der Waals surface area contributed by atoms with E-state index < -0.39 is 22.9 Å². The average molecular weight is 284 g/mol. The second-order valence-corrected chi connectivity index (χ2v) is 5.12. The van der Waals surface area contributed by atoms with Crippen LogP contribution in [0.15, 0.2) is 18.2 Å². The Balaban J connectivity index is 2.37. The molecule has 1 N–H and O–H groups in total. The van der Waals surface area contributed by atoms with Crippen LogP contribution in [0.3, 0.4) is 0 Å². The van der Waals surface area contributed by atoms with Gasteiger partial charge >= 0.3 is 5.97 Å². The van der Waals surface area contributed by atoms with Gasteiger partial charge in [-0.2, -0.15) is 0 Å². The average Bonchev–Trinajstić information content (AvgIpc) is 2.67. The lowest BCUT2D eigenvalue weighted by Gasteiger charge is -2.01. The van der Waals surface area contributed by atoms with Gasteiger partial charge < -0.3 is 5.11 Å². The summed E-state index contributed by atoms with van der Waals surface area (Å²) < 4.78 is 13.6. The molecule has 0 bridgehead atoms. The molecule has 1 saturated carbocycles. The molecule has 0 spiro atoms. The molecule has 1 aromatic carbocycles. The molecule has 0 radical (unpaired) electrons. The molecule has 1 fully saturated rings. The fourth-order valence-electron chi connectivity index (χ4n) is 1.80. The molecular weight excluding hydrogens is 277 g/mol. The van der Waals surface area contributed by atoms with Crippen molar-refractivity contribution < 1.29 is 14.3 Å². The topological polar surface area (TPSA) is 37.3 Å². The lowest BCUT2D eigenvalue weighted by molar-refractivity contribution is -0.139. The van der Waals surface area contributed by atoms with Crippen LogP contribution >= 0.6 is 34.8 Å². The maximum Gasteiger partial charge on any atom is 0.311 e. The molecule has 6 heteroatoms. The largest absolute Gasteiger partial charge is 0.481 e. The van der Waals surface area contributed by atoms with Gasteiger partial charge in [0.25, 0.3) is 0 Å². The summed E-state index contributed by atoms with van der Waals surface area (Å²) in [5.74, 6) is -3.41. The number of carbonyl (C=O) groups is 1. The first-order chi connectivity index (χ1) is 7.34. The van der Waals surface area contributed by atoms with Gasteiger partial charge in [-0.3, -0.25) is 4.79 Å². The first-order valence-corrected chi connectivity index (χ1v) is 5.54. The van der Waals surface area contributed by atoms with Crippen molar-refractivity contribution in [2.45, 2.75) is 11.0 Å². The molecule has 0 aromatic heterocycles. The Kier molecular flexibility index (Phi) is 2.81. The molecule has 0 amide bonds. The van der Waals surface area contributed by atoms with Crippen molar-refractivity contribution in [2.75, 3.05) is 0 Å². The van der Waals surface area contributed by atoms with E-state index in [9.17, 15) is 9.18 Å². The number of aliphatic carboxylic acids is 1. The van der Waals surface area contributed by atoms with E-state index in [0.29, 0.717) is 15.6 Å². The maximum absolute atomic E-state index is 13.6. The van der Waals surface area contributed by atoms with Gasteiger partial charge in [0.05, 0.1) is 5.92 Å². The molecular formula is C10H6Cl3FO2. The molecule has 3 atom stereocenters. The fourth-order valence-corrected chi connectivity index (χ4v) is 2.75. The van der Waals surface area contributed by atoms with Gasteiger partial charge in [-0.1, -0.05) is 34.8 Å². The van der Waals surface area contributed by atoms with Crippen LogP contribution in [0.4, 0.5) is 4.39 Å². The highest BCUT2D eigenvalue weighted by Gasteiger charge is 2.70. The van der Waals surface area contributed by atoms with Crippen molar-refractivity contribution in [2.24, 2.45) is 5.92 Å². The number of benzene rings is 1. The van der Waals surface area contributed by atoms with E-state index in [2.05, 4.69) is 0 Å². The molecule has 1 aliphatic carbocycles. The van der Waals surface area contributed by atoms with E-state index >= 15 is 0 Å². The van der Waals surface area contributed by atoms with Gasteiger partial charge in [-0.25, -0.2) is 4.39 Å². The van der Waals surface area contributed by atoms with Gasteiger partial charge in [0.15, 0.2) is 0 Å². The van der Waals surface area contributed by atoms with Crippen molar-refractivity contribution >= 4 is 40.8 Å². The minimum absolute atomic E-state index is 0.325. The van der Waals surface area contributed by atoms with E-state index in [0.717, 1.165) is 0 Å². The monoisotopic (exact) mass is 282 g/mol. The summed E-state index contributed by atoms with van der Waals surface area (Å²) in [6.45, 7) is 0. The van der Waals surface area contributed by atoms with E-state index in [1.807, 2.05) is 0 Å². The van der Waals surface area contributed by atoms with Gasteiger partial charge in [0, 0.05) is 10.0 Å². The van der Waals surface area contributed by atoms with E-state index in [1.54, 1.807) is 0 Å². The van der Waals surface area contributed by atoms with Gasteiger partial charge in [-0.15, -0.1) is 0 Å². The highest BCUT2D eigenvalue weighted by Crippen LogP contribution is 2.63. The van der Waals surface area contributed by atoms with Crippen molar-refractivity contribution in [1.29, 1.82) is 0 Å². The number of hydrogen-bond donors (Lipinski definition) is 1. The molecule has 0 aliphatic heterocycles. The lowest BCUT2D eigenvalue weighted by atomic mass is 10.1. The van der Waals surface area contributed by atoms with Gasteiger partial charge in [0.1, 0.15) is 5.92 Å². The van der Waals surface area contributed by atoms with E-state index in [-0.39, 0.29) is 0 Å². The Bertz CT molecular complexity index is 441. The normalized spacial score (nSPS) is 32.5. The SMILES string of the molecule is O=C(O)[C@@H]1C(c2cc(Cl)cc(Cl)c2)[C@]1(F)Cl. The van der Waals surface area contributed by atoms with Crippen LogP contribution in [0.1, 0.15) is 11.5 Å². The van der Waals surface area contributed by atoms with Crippen molar-refractivity contribution in [3.63, 3.8) is 0 Å². The Morgan fingerprint density at radius 2 is 1.81 bits per heavy atom. The molecule has 0 saturated heterocycles. The first-order valence-electron chi connectivity index (χ1n) is 4.40. The highest BCUT2D eigenvalue weighted by atomic mass is 35.5. The van der Waals surface area contributed by atoms with Crippen LogP contribution in [-0.4, -0.2) is 16.2 Å². The van der Waals surface area contributed by atoms with Crippen LogP contribution in [0.25, 0.3) is 0 Å². The minimum Gasteiger partial charge on any atom is -0.481 e. The van der Waals surface area contributed by atoms with Gasteiger partial charge in [-0.05, 0) is 23.8 Å². The zero-order valence-corrected chi connectivity index (χ0v) is 10.0. The Hall–Kier alpha value is -0.510. The number of carboxylic acid groups (broad SMARTS) is 1. The van der Waals surface area contributed by atoms with Crippen LogP contribution < -0.4 is 0 Å². The Morgan fingerprint density at radius 3 is 2.19 bits per heavy atom. The zero-order chi connectivity index (χ0) is 12.1. The number of halogens is 4. The van der Waals surface area contributed by atoms with Gasteiger partial charge in [0.2, 0.25) is 5.13 Å². The maximum atomic E-state index is 13.6. The molecule has 86 valence electrons. The third-order valence-corrected chi connectivity index (χ3v) is 3.47. The van der Waals surface area contributed by atoms with E-state index in [4.69, 9.17) is 39.9 Å². The quantitative estimate of drug-likeness (QED) is 0.840. The molecule has 0 heterocycles. The number of rotatable bonds is 2. The third kappa shape index (κ3) is 1.88. The lowest BCUT2D eigenvalue weighted by Crippen LogP contribution is -2.04. The Morgan fingerprint density at radius 1 is 1.31 bits per heavy atom. The molecule has 2 nitrogen and oxygen atoms in total. The summed E-state index contributed by atoms with van der Waals surface area (Å²) in [5.41, 5.74) is 0.405. The third-order valence-electron chi connectivity index (χ3n) is 2.56. The molecule has 1 unspecified atom stereocenters. The highest BCUT2D eigenvalue weighted by molar-refractivity contribution is 6.35. The number of carboxylic acids is 1. The summed E-state index contributed by atoms with van der Waals surface area (Å²) in [6, 6.07) is 4.43.